The highest BCUT2D eigenvalue weighted by molar-refractivity contribution is 6.32. The van der Waals surface area contributed by atoms with E-state index in [2.05, 4.69) is 0 Å². The molecule has 1 N–H and O–H groups in total. The Kier molecular flexibility index (Phi) is 7.07. The number of fused-ring (bicyclic) bond motifs is 1. The number of hydrogen-bond acceptors (Lipinski definition) is 9. The molecule has 4 rings (SSSR count). The van der Waals surface area contributed by atoms with E-state index in [9.17, 15) is 14.7 Å². The number of halogens is 1. The van der Waals surface area contributed by atoms with Gasteiger partial charge in [-0.05, 0) is 42.3 Å². The van der Waals surface area contributed by atoms with Gasteiger partial charge in [-0.1, -0.05) is 17.7 Å². The lowest BCUT2D eigenvalue weighted by molar-refractivity contribution is -0.137. The molecule has 0 bridgehead atoms. The first-order chi connectivity index (χ1) is 16.9. The van der Waals surface area contributed by atoms with Crippen LogP contribution in [0.15, 0.2) is 53.9 Å². The predicted octanol–water partition coefficient (Wildman–Crippen LogP) is 3.89. The number of carbonyl (C=O) groups is 2. The summed E-state index contributed by atoms with van der Waals surface area (Å²) in [6.45, 7) is 2.52. The van der Waals surface area contributed by atoms with Gasteiger partial charge in [0.1, 0.15) is 0 Å². The van der Waals surface area contributed by atoms with Crippen molar-refractivity contribution in [1.29, 1.82) is 0 Å². The van der Waals surface area contributed by atoms with E-state index in [0.717, 1.165) is 5.56 Å². The molecule has 2 aromatic rings. The lowest BCUT2D eigenvalue weighted by Crippen LogP contribution is -2.28. The molecule has 10 heteroatoms. The van der Waals surface area contributed by atoms with E-state index in [1.165, 1.54) is 26.4 Å². The molecule has 184 valence electrons. The number of hydrogen-bond donors (Lipinski definition) is 1. The molecule has 0 spiro atoms. The normalized spacial score (nSPS) is 14.8. The maximum absolute atomic E-state index is 12.9. The number of rotatable bonds is 7. The van der Waals surface area contributed by atoms with Gasteiger partial charge in [-0.15, -0.1) is 0 Å². The molecule has 2 heterocycles. The molecule has 0 aliphatic carbocycles. The van der Waals surface area contributed by atoms with Crippen LogP contribution in [0.2, 0.25) is 5.02 Å². The van der Waals surface area contributed by atoms with Crippen LogP contribution >= 0.6 is 11.6 Å². The first-order valence-electron chi connectivity index (χ1n) is 10.8. The molecule has 2 aliphatic heterocycles. The largest absolute Gasteiger partial charge is 0.503 e. The quantitative estimate of drug-likeness (QED) is 0.566. The number of benzene rings is 2. The van der Waals surface area contributed by atoms with E-state index in [-0.39, 0.29) is 41.1 Å². The Hall–Kier alpha value is -3.85. The smallest absolute Gasteiger partial charge is 0.336 e. The highest BCUT2D eigenvalue weighted by Crippen LogP contribution is 2.43. The molecule has 0 saturated heterocycles. The fourth-order valence-electron chi connectivity index (χ4n) is 4.01. The lowest BCUT2D eigenvalue weighted by Gasteiger charge is -2.30. The van der Waals surface area contributed by atoms with Crippen molar-refractivity contribution in [3.05, 3.63) is 70.0 Å². The van der Waals surface area contributed by atoms with Gasteiger partial charge in [-0.25, -0.2) is 9.59 Å². The van der Waals surface area contributed by atoms with Crippen LogP contribution in [0, 0.1) is 0 Å². The molecule has 0 aromatic heterocycles. The van der Waals surface area contributed by atoms with Gasteiger partial charge < -0.3 is 33.7 Å². The van der Waals surface area contributed by atoms with Crippen LogP contribution in [-0.4, -0.2) is 49.6 Å². The van der Waals surface area contributed by atoms with E-state index in [4.69, 9.17) is 35.3 Å². The van der Waals surface area contributed by atoms with Gasteiger partial charge in [0.15, 0.2) is 23.0 Å². The summed E-state index contributed by atoms with van der Waals surface area (Å²) in [5.74, 6) is -0.979. The molecular formula is C25H24ClNO8. The van der Waals surface area contributed by atoms with E-state index >= 15 is 0 Å². The third kappa shape index (κ3) is 4.85. The lowest BCUT2D eigenvalue weighted by atomic mass is 9.83. The zero-order valence-corrected chi connectivity index (χ0v) is 20.1. The van der Waals surface area contributed by atoms with E-state index in [1.807, 2.05) is 12.1 Å². The summed E-state index contributed by atoms with van der Waals surface area (Å²) < 4.78 is 26.4. The van der Waals surface area contributed by atoms with Gasteiger partial charge in [0.25, 0.3) is 0 Å². The van der Waals surface area contributed by atoms with Crippen molar-refractivity contribution in [3.63, 3.8) is 0 Å². The standard InChI is InChI=1S/C25H24ClNO8/c1-4-33-21-9-15(8-18(26)23(21)28)22-16(24(29)31-2)11-27(12-17(22)25(30)32-3)10-14-5-6-19-20(7-14)35-13-34-19/h5-9,11-12,22,28H,4,10,13H2,1-3H3. The van der Waals surface area contributed by atoms with Crippen LogP contribution < -0.4 is 14.2 Å². The summed E-state index contributed by atoms with van der Waals surface area (Å²) in [4.78, 5) is 27.4. The van der Waals surface area contributed by atoms with Crippen molar-refractivity contribution in [3.8, 4) is 23.0 Å². The first kappa shape index (κ1) is 24.3. The van der Waals surface area contributed by atoms with E-state index in [1.54, 1.807) is 30.3 Å². The average Bonchev–Trinajstić information content (AvgIpc) is 3.33. The maximum Gasteiger partial charge on any atom is 0.336 e. The second-order valence-corrected chi connectivity index (χ2v) is 8.13. The van der Waals surface area contributed by atoms with E-state index < -0.39 is 17.9 Å². The summed E-state index contributed by atoms with van der Waals surface area (Å²) in [5, 5.41) is 10.3. The maximum atomic E-state index is 12.9. The van der Waals surface area contributed by atoms with Crippen molar-refractivity contribution < 1.29 is 38.4 Å². The molecule has 0 unspecified atom stereocenters. The first-order valence-corrected chi connectivity index (χ1v) is 11.1. The van der Waals surface area contributed by atoms with Gasteiger partial charge in [0.05, 0.1) is 42.9 Å². The minimum atomic E-state index is -0.875. The van der Waals surface area contributed by atoms with Crippen LogP contribution in [0.1, 0.15) is 24.0 Å². The highest BCUT2D eigenvalue weighted by Gasteiger charge is 2.36. The minimum Gasteiger partial charge on any atom is -0.503 e. The zero-order valence-electron chi connectivity index (χ0n) is 19.4. The Balaban J connectivity index is 1.78. The third-order valence-corrected chi connectivity index (χ3v) is 5.85. The number of aromatic hydroxyl groups is 1. The van der Waals surface area contributed by atoms with Crippen molar-refractivity contribution >= 4 is 23.5 Å². The van der Waals surface area contributed by atoms with Crippen LogP contribution in [0.25, 0.3) is 0 Å². The number of methoxy groups -OCH3 is 2. The van der Waals surface area contributed by atoms with Gasteiger partial charge in [-0.3, -0.25) is 0 Å². The zero-order chi connectivity index (χ0) is 25.1. The molecule has 0 atom stereocenters. The Morgan fingerprint density at radius 3 is 2.34 bits per heavy atom. The number of nitrogens with zero attached hydrogens (tertiary/aromatic N) is 1. The van der Waals surface area contributed by atoms with Gasteiger partial charge in [-0.2, -0.15) is 0 Å². The van der Waals surface area contributed by atoms with Gasteiger partial charge in [0, 0.05) is 18.9 Å². The van der Waals surface area contributed by atoms with Crippen molar-refractivity contribution in [2.45, 2.75) is 19.4 Å². The number of carbonyl (C=O) groups excluding carboxylic acids is 2. The second kappa shape index (κ2) is 10.2. The summed E-state index contributed by atoms with van der Waals surface area (Å²) in [6.07, 6.45) is 3.21. The van der Waals surface area contributed by atoms with Crippen LogP contribution in [0.3, 0.4) is 0 Å². The molecule has 9 nitrogen and oxygen atoms in total. The molecule has 2 aromatic carbocycles. The third-order valence-electron chi connectivity index (χ3n) is 5.56. The molecule has 0 radical (unpaired) electrons. The van der Waals surface area contributed by atoms with Crippen LogP contribution in [0.4, 0.5) is 0 Å². The van der Waals surface area contributed by atoms with Crippen molar-refractivity contribution in [1.82, 2.24) is 4.90 Å². The Bertz CT molecular complexity index is 1190. The second-order valence-electron chi connectivity index (χ2n) is 7.73. The summed E-state index contributed by atoms with van der Waals surface area (Å²) in [7, 11) is 2.52. The van der Waals surface area contributed by atoms with E-state index in [0.29, 0.717) is 23.6 Å². The summed E-state index contributed by atoms with van der Waals surface area (Å²) in [5.41, 5.74) is 1.67. The Morgan fingerprint density at radius 2 is 1.71 bits per heavy atom. The van der Waals surface area contributed by atoms with Crippen LogP contribution in [0.5, 0.6) is 23.0 Å². The fraction of sp³-hybridized carbons (Fsp3) is 0.280. The number of esters is 2. The molecule has 2 aliphatic rings. The molecule has 0 amide bonds. The SMILES string of the molecule is CCOc1cc(C2C(C(=O)OC)=CN(Cc3ccc4c(c3)OCO4)C=C2C(=O)OC)cc(Cl)c1O. The summed E-state index contributed by atoms with van der Waals surface area (Å²) >= 11 is 6.24. The molecule has 0 fully saturated rings. The Morgan fingerprint density at radius 1 is 1.06 bits per heavy atom. The van der Waals surface area contributed by atoms with Crippen LogP contribution in [-0.2, 0) is 25.6 Å². The monoisotopic (exact) mass is 501 g/mol. The summed E-state index contributed by atoms with van der Waals surface area (Å²) in [6, 6.07) is 8.51. The van der Waals surface area contributed by atoms with Crippen molar-refractivity contribution in [2.24, 2.45) is 0 Å². The number of phenols is 1. The number of phenolic OH excluding ortho intramolecular Hbond substituents is 1. The Labute approximate surface area is 207 Å². The number of ether oxygens (including phenoxy) is 5. The molecule has 35 heavy (non-hydrogen) atoms. The molecular weight excluding hydrogens is 478 g/mol. The topological polar surface area (TPSA) is 104 Å². The molecule has 0 saturated carbocycles. The average molecular weight is 502 g/mol. The highest BCUT2D eigenvalue weighted by atomic mass is 35.5. The fourth-order valence-corrected chi connectivity index (χ4v) is 4.23. The van der Waals surface area contributed by atoms with Gasteiger partial charge >= 0.3 is 11.9 Å². The minimum absolute atomic E-state index is 0.0159. The van der Waals surface area contributed by atoms with Gasteiger partial charge in [0.2, 0.25) is 6.79 Å². The van der Waals surface area contributed by atoms with Crippen molar-refractivity contribution in [2.75, 3.05) is 27.6 Å². The predicted molar refractivity (Wildman–Crippen MR) is 125 cm³/mol.